The van der Waals surface area contributed by atoms with Crippen LogP contribution >= 0.6 is 0 Å². The number of amides is 2. The minimum absolute atomic E-state index is 0.0180. The average molecular weight is 452 g/mol. The number of Topliss-reactive ketones (excluding diaryl/α,β-unsaturated/α-hetero) is 1. The minimum atomic E-state index is -0.553. The summed E-state index contributed by atoms with van der Waals surface area (Å²) in [7, 11) is 4.67. The first-order valence-corrected chi connectivity index (χ1v) is 10.7. The van der Waals surface area contributed by atoms with Crippen LogP contribution in [0.15, 0.2) is 42.5 Å². The molecule has 172 valence electrons. The third kappa shape index (κ3) is 4.30. The molecule has 2 amide bonds. The number of halogens is 1. The largest absolute Gasteiger partial charge is 0.464 e. The van der Waals surface area contributed by atoms with Crippen LogP contribution in [-0.4, -0.2) is 59.7 Å². The van der Waals surface area contributed by atoms with Gasteiger partial charge in [0, 0.05) is 49.7 Å². The summed E-state index contributed by atoms with van der Waals surface area (Å²) in [4.78, 5) is 41.2. The van der Waals surface area contributed by atoms with Crippen molar-refractivity contribution in [3.8, 4) is 0 Å². The number of fused-ring (bicyclic) bond motifs is 1. The third-order valence-electron chi connectivity index (χ3n) is 6.15. The molecule has 0 unspecified atom stereocenters. The number of methoxy groups -OCH3 is 1. The van der Waals surface area contributed by atoms with E-state index in [1.165, 1.54) is 24.1 Å². The van der Waals surface area contributed by atoms with Crippen LogP contribution < -0.4 is 4.90 Å². The SMILES string of the molecule is COC(=O)c1nn(C)c2ccc(C(=O)C3CCN(C(=O)N(C)c4ccc(F)cc4)CC3)cc12. The molecule has 33 heavy (non-hydrogen) atoms. The average Bonchev–Trinajstić information content (AvgIpc) is 3.18. The molecule has 1 aliphatic rings. The molecule has 0 bridgehead atoms. The van der Waals surface area contributed by atoms with Gasteiger partial charge in [-0.15, -0.1) is 0 Å². The summed E-state index contributed by atoms with van der Waals surface area (Å²) in [5, 5.41) is 4.78. The third-order valence-corrected chi connectivity index (χ3v) is 6.15. The molecule has 8 nitrogen and oxygen atoms in total. The second-order valence-corrected chi connectivity index (χ2v) is 8.14. The summed E-state index contributed by atoms with van der Waals surface area (Å²) in [6.45, 7) is 0.895. The predicted molar refractivity (Wildman–Crippen MR) is 121 cm³/mol. The van der Waals surface area contributed by atoms with E-state index in [0.29, 0.717) is 42.6 Å². The highest BCUT2D eigenvalue weighted by molar-refractivity contribution is 6.06. The Kier molecular flexibility index (Phi) is 6.13. The first kappa shape index (κ1) is 22.4. The molecule has 0 atom stereocenters. The Bertz CT molecular complexity index is 1210. The zero-order valence-electron chi connectivity index (χ0n) is 18.7. The molecule has 3 aromatic rings. The van der Waals surface area contributed by atoms with Gasteiger partial charge in [-0.05, 0) is 55.3 Å². The molecular weight excluding hydrogens is 427 g/mol. The lowest BCUT2D eigenvalue weighted by molar-refractivity contribution is 0.0595. The Hall–Kier alpha value is -3.75. The fourth-order valence-corrected chi connectivity index (χ4v) is 4.22. The van der Waals surface area contributed by atoms with Crippen LogP contribution in [0.1, 0.15) is 33.7 Å². The van der Waals surface area contributed by atoms with E-state index in [1.807, 2.05) is 0 Å². The van der Waals surface area contributed by atoms with E-state index in [0.717, 1.165) is 5.52 Å². The number of rotatable bonds is 4. The van der Waals surface area contributed by atoms with E-state index in [-0.39, 0.29) is 29.2 Å². The van der Waals surface area contributed by atoms with E-state index >= 15 is 0 Å². The Morgan fingerprint density at radius 2 is 1.76 bits per heavy atom. The Balaban J connectivity index is 1.45. The van der Waals surface area contributed by atoms with Crippen LogP contribution in [0.4, 0.5) is 14.9 Å². The number of aromatic nitrogens is 2. The molecule has 0 spiro atoms. The number of esters is 1. The van der Waals surface area contributed by atoms with Gasteiger partial charge in [-0.1, -0.05) is 0 Å². The second-order valence-electron chi connectivity index (χ2n) is 8.14. The van der Waals surface area contributed by atoms with E-state index < -0.39 is 5.97 Å². The fraction of sp³-hybridized carbons (Fsp3) is 0.333. The zero-order valence-corrected chi connectivity index (χ0v) is 18.7. The van der Waals surface area contributed by atoms with E-state index in [2.05, 4.69) is 5.10 Å². The van der Waals surface area contributed by atoms with Crippen LogP contribution in [-0.2, 0) is 11.8 Å². The van der Waals surface area contributed by atoms with Crippen LogP contribution in [0.25, 0.3) is 10.9 Å². The molecule has 1 aromatic heterocycles. The standard InChI is InChI=1S/C24H25FN4O4/c1-27(18-7-5-17(25)6-8-18)24(32)29-12-10-15(11-13-29)22(30)16-4-9-20-19(14-16)21(23(31)33-3)26-28(20)2/h4-9,14-15H,10-13H2,1-3H3. The lowest BCUT2D eigenvalue weighted by Crippen LogP contribution is -2.46. The molecule has 0 radical (unpaired) electrons. The number of benzene rings is 2. The number of likely N-dealkylation sites (tertiary alicyclic amines) is 1. The van der Waals surface area contributed by atoms with Crippen molar-refractivity contribution in [2.24, 2.45) is 13.0 Å². The first-order valence-electron chi connectivity index (χ1n) is 10.7. The summed E-state index contributed by atoms with van der Waals surface area (Å²) in [6.07, 6.45) is 1.08. The van der Waals surface area contributed by atoms with Gasteiger partial charge in [-0.2, -0.15) is 5.10 Å². The highest BCUT2D eigenvalue weighted by Crippen LogP contribution is 2.27. The van der Waals surface area contributed by atoms with Gasteiger partial charge < -0.3 is 9.64 Å². The number of piperidine rings is 1. The second kappa shape index (κ2) is 9.01. The van der Waals surface area contributed by atoms with Crippen molar-refractivity contribution >= 4 is 34.4 Å². The van der Waals surface area contributed by atoms with Crippen molar-refractivity contribution in [2.75, 3.05) is 32.1 Å². The maximum atomic E-state index is 13.2. The molecule has 2 aromatic carbocycles. The molecule has 1 aliphatic heterocycles. The van der Waals surface area contributed by atoms with Gasteiger partial charge in [0.15, 0.2) is 11.5 Å². The van der Waals surface area contributed by atoms with Crippen molar-refractivity contribution in [1.82, 2.24) is 14.7 Å². The summed E-state index contributed by atoms with van der Waals surface area (Å²) < 4.78 is 19.5. The first-order chi connectivity index (χ1) is 15.8. The molecule has 9 heteroatoms. The summed E-state index contributed by atoms with van der Waals surface area (Å²) in [6, 6.07) is 10.8. The number of carbonyl (C=O) groups is 3. The van der Waals surface area contributed by atoms with E-state index in [1.54, 1.807) is 54.0 Å². The number of ether oxygens (including phenoxy) is 1. The van der Waals surface area contributed by atoms with Gasteiger partial charge >= 0.3 is 12.0 Å². The van der Waals surface area contributed by atoms with Crippen molar-refractivity contribution in [1.29, 1.82) is 0 Å². The molecule has 2 heterocycles. The van der Waals surface area contributed by atoms with E-state index in [9.17, 15) is 18.8 Å². The van der Waals surface area contributed by atoms with E-state index in [4.69, 9.17) is 4.74 Å². The molecule has 1 fully saturated rings. The number of carbonyl (C=O) groups excluding carboxylic acids is 3. The van der Waals surface area contributed by atoms with Crippen molar-refractivity contribution in [2.45, 2.75) is 12.8 Å². The maximum Gasteiger partial charge on any atom is 0.359 e. The lowest BCUT2D eigenvalue weighted by atomic mass is 9.88. The molecular formula is C24H25FN4O4. The van der Waals surface area contributed by atoms with Crippen LogP contribution in [0.5, 0.6) is 0 Å². The van der Waals surface area contributed by atoms with Gasteiger partial charge in [-0.25, -0.2) is 14.0 Å². The van der Waals surface area contributed by atoms with Crippen LogP contribution in [0.2, 0.25) is 0 Å². The number of hydrogen-bond acceptors (Lipinski definition) is 5. The van der Waals surface area contributed by atoms with Gasteiger partial charge in [0.2, 0.25) is 0 Å². The monoisotopic (exact) mass is 452 g/mol. The summed E-state index contributed by atoms with van der Waals surface area (Å²) >= 11 is 0. The summed E-state index contributed by atoms with van der Waals surface area (Å²) in [5.74, 6) is -1.15. The number of aryl methyl sites for hydroxylation is 1. The molecule has 4 rings (SSSR count). The number of nitrogens with zero attached hydrogens (tertiary/aromatic N) is 4. The lowest BCUT2D eigenvalue weighted by Gasteiger charge is -2.34. The number of ketones is 1. The highest BCUT2D eigenvalue weighted by atomic mass is 19.1. The molecule has 1 saturated heterocycles. The molecule has 0 saturated carbocycles. The van der Waals surface area contributed by atoms with Crippen LogP contribution in [0.3, 0.4) is 0 Å². The zero-order chi connectivity index (χ0) is 23.7. The van der Waals surface area contributed by atoms with Crippen molar-refractivity contribution in [3.63, 3.8) is 0 Å². The molecule has 0 N–H and O–H groups in total. The Morgan fingerprint density at radius 1 is 1.09 bits per heavy atom. The fourth-order valence-electron chi connectivity index (χ4n) is 4.22. The summed E-state index contributed by atoms with van der Waals surface area (Å²) in [5.41, 5.74) is 2.02. The highest BCUT2D eigenvalue weighted by Gasteiger charge is 2.30. The molecule has 0 aliphatic carbocycles. The smallest absolute Gasteiger partial charge is 0.359 e. The Labute approximate surface area is 190 Å². The van der Waals surface area contributed by atoms with Gasteiger partial charge in [0.05, 0.1) is 12.6 Å². The topological polar surface area (TPSA) is 84.7 Å². The van der Waals surface area contributed by atoms with Gasteiger partial charge in [0.1, 0.15) is 5.82 Å². The van der Waals surface area contributed by atoms with Gasteiger partial charge in [0.25, 0.3) is 0 Å². The number of urea groups is 1. The number of hydrogen-bond donors (Lipinski definition) is 0. The Morgan fingerprint density at radius 3 is 2.39 bits per heavy atom. The number of anilines is 1. The van der Waals surface area contributed by atoms with Crippen molar-refractivity contribution < 1.29 is 23.5 Å². The van der Waals surface area contributed by atoms with Crippen molar-refractivity contribution in [3.05, 3.63) is 59.5 Å². The van der Waals surface area contributed by atoms with Crippen LogP contribution in [0, 0.1) is 11.7 Å². The normalized spacial score (nSPS) is 14.4. The van der Waals surface area contributed by atoms with Gasteiger partial charge in [-0.3, -0.25) is 14.4 Å². The maximum absolute atomic E-state index is 13.2. The predicted octanol–water partition coefficient (Wildman–Crippen LogP) is 3.65. The minimum Gasteiger partial charge on any atom is -0.464 e. The quantitative estimate of drug-likeness (QED) is 0.446.